The molecule has 0 amide bonds. The highest BCUT2D eigenvalue weighted by atomic mass is 15.0. The molecule has 3 N–H and O–H groups in total. The van der Waals surface area contributed by atoms with Gasteiger partial charge in [-0.05, 0) is 87.8 Å². The Morgan fingerprint density at radius 3 is 2.07 bits per heavy atom. The third kappa shape index (κ3) is 4.98. The van der Waals surface area contributed by atoms with Crippen LogP contribution < -0.4 is 11.1 Å². The molecule has 0 radical (unpaired) electrons. The zero-order valence-electron chi connectivity index (χ0n) is 25.9. The van der Waals surface area contributed by atoms with E-state index in [9.17, 15) is 0 Å². The summed E-state index contributed by atoms with van der Waals surface area (Å²) in [4.78, 5) is 0. The van der Waals surface area contributed by atoms with Crippen molar-refractivity contribution in [1.29, 1.82) is 0 Å². The summed E-state index contributed by atoms with van der Waals surface area (Å²) in [5.41, 5.74) is 18.1. The number of fused-ring (bicyclic) bond motifs is 5. The van der Waals surface area contributed by atoms with E-state index in [1.807, 2.05) is 6.92 Å². The van der Waals surface area contributed by atoms with Crippen molar-refractivity contribution >= 4 is 43.8 Å². The standard InChI is InChI=1S/C43H35N3/c1-4-29(28-44)30-15-17-31(18-16-30)34-20-23-39-40-24-21-35-25-33(32-11-10-12-36(26-32)41(5-2)45-6-3)19-22-38(35)43(40)46(42(39)27-34)37-13-8-7-9-14-37/h4-28,45H,1,3,44H2,2H3/b29-28+,41-5-. The second kappa shape index (κ2) is 12.1. The minimum absolute atomic E-state index is 0.918. The average Bonchev–Trinajstić information content (AvgIpc) is 3.45. The molecule has 0 atom stereocenters. The zero-order valence-corrected chi connectivity index (χ0v) is 25.9. The number of nitrogens with one attached hydrogen (secondary N) is 1. The van der Waals surface area contributed by atoms with Crippen molar-refractivity contribution in [3.8, 4) is 27.9 Å². The molecule has 0 bridgehead atoms. The summed E-state index contributed by atoms with van der Waals surface area (Å²) >= 11 is 0. The predicted molar refractivity (Wildman–Crippen MR) is 199 cm³/mol. The van der Waals surface area contributed by atoms with Gasteiger partial charge in [0, 0.05) is 33.7 Å². The van der Waals surface area contributed by atoms with Crippen molar-refractivity contribution in [3.05, 3.63) is 176 Å². The van der Waals surface area contributed by atoms with E-state index in [0.717, 1.165) is 39.2 Å². The maximum Gasteiger partial charge on any atom is 0.0619 e. The van der Waals surface area contributed by atoms with E-state index in [0.29, 0.717) is 0 Å². The van der Waals surface area contributed by atoms with Crippen molar-refractivity contribution in [2.75, 3.05) is 0 Å². The fourth-order valence-corrected chi connectivity index (χ4v) is 6.49. The van der Waals surface area contributed by atoms with Gasteiger partial charge in [-0.3, -0.25) is 0 Å². The summed E-state index contributed by atoms with van der Waals surface area (Å²) in [5.74, 6) is 0. The maximum atomic E-state index is 5.80. The Bertz CT molecular complexity index is 2320. The molecule has 0 aliphatic heterocycles. The monoisotopic (exact) mass is 593 g/mol. The van der Waals surface area contributed by atoms with Gasteiger partial charge in [0.15, 0.2) is 0 Å². The number of aromatic nitrogens is 1. The van der Waals surface area contributed by atoms with Crippen LogP contribution in [-0.4, -0.2) is 4.57 Å². The van der Waals surface area contributed by atoms with E-state index in [4.69, 9.17) is 5.73 Å². The summed E-state index contributed by atoms with van der Waals surface area (Å²) in [6, 6.07) is 45.9. The number of nitrogens with two attached hydrogens (primary N) is 1. The lowest BCUT2D eigenvalue weighted by atomic mass is 9.97. The van der Waals surface area contributed by atoms with Crippen LogP contribution in [0.15, 0.2) is 165 Å². The summed E-state index contributed by atoms with van der Waals surface area (Å²) in [5, 5.41) is 8.13. The maximum absolute atomic E-state index is 5.80. The average molecular weight is 594 g/mol. The van der Waals surface area contributed by atoms with Crippen LogP contribution >= 0.6 is 0 Å². The molecule has 3 nitrogen and oxygen atoms in total. The topological polar surface area (TPSA) is 43.0 Å². The molecule has 0 saturated heterocycles. The second-order valence-electron chi connectivity index (χ2n) is 11.3. The van der Waals surface area contributed by atoms with Gasteiger partial charge >= 0.3 is 0 Å². The van der Waals surface area contributed by atoms with Crippen molar-refractivity contribution in [2.24, 2.45) is 5.73 Å². The van der Waals surface area contributed by atoms with Gasteiger partial charge < -0.3 is 15.6 Å². The SMILES string of the molecule is C=CN/C(=C\C)c1cccc(-c2ccc3c(ccc4c5ccc(-c6ccc(/C(C=C)=C/N)cc6)cc5n(-c5ccccc5)c34)c2)c1. The molecule has 0 fully saturated rings. The van der Waals surface area contributed by atoms with Crippen LogP contribution in [0.4, 0.5) is 0 Å². The van der Waals surface area contributed by atoms with Gasteiger partial charge in [0.2, 0.25) is 0 Å². The Morgan fingerprint density at radius 2 is 1.35 bits per heavy atom. The first-order valence-corrected chi connectivity index (χ1v) is 15.5. The fraction of sp³-hybridized carbons (Fsp3) is 0.0233. The normalized spacial score (nSPS) is 12.1. The molecule has 6 aromatic carbocycles. The molecule has 222 valence electrons. The number of rotatable bonds is 8. The van der Waals surface area contributed by atoms with Crippen LogP contribution in [0.2, 0.25) is 0 Å². The Kier molecular flexibility index (Phi) is 7.58. The largest absolute Gasteiger partial charge is 0.404 e. The predicted octanol–water partition coefficient (Wildman–Crippen LogP) is 10.9. The van der Waals surface area contributed by atoms with E-state index in [2.05, 4.69) is 157 Å². The smallest absolute Gasteiger partial charge is 0.0619 e. The van der Waals surface area contributed by atoms with Gasteiger partial charge in [-0.1, -0.05) is 122 Å². The summed E-state index contributed by atoms with van der Waals surface area (Å²) in [7, 11) is 0. The highest BCUT2D eigenvalue weighted by Gasteiger charge is 2.16. The Balaban J connectivity index is 1.41. The zero-order chi connectivity index (χ0) is 31.6. The molecule has 0 spiro atoms. The van der Waals surface area contributed by atoms with E-state index in [1.165, 1.54) is 43.7 Å². The highest BCUT2D eigenvalue weighted by Crippen LogP contribution is 2.39. The number of nitrogens with zero attached hydrogens (tertiary/aromatic N) is 1. The van der Waals surface area contributed by atoms with E-state index >= 15 is 0 Å². The quantitative estimate of drug-likeness (QED) is 0.172. The second-order valence-corrected chi connectivity index (χ2v) is 11.3. The minimum Gasteiger partial charge on any atom is -0.404 e. The third-order valence-electron chi connectivity index (χ3n) is 8.76. The van der Waals surface area contributed by atoms with Gasteiger partial charge in [-0.15, -0.1) is 0 Å². The third-order valence-corrected chi connectivity index (χ3v) is 8.76. The van der Waals surface area contributed by atoms with Crippen LogP contribution in [0.3, 0.4) is 0 Å². The number of allylic oxidation sites excluding steroid dienone is 3. The lowest BCUT2D eigenvalue weighted by Crippen LogP contribution is -2.02. The lowest BCUT2D eigenvalue weighted by Gasteiger charge is -2.12. The van der Waals surface area contributed by atoms with Gasteiger partial charge in [-0.2, -0.15) is 0 Å². The van der Waals surface area contributed by atoms with E-state index < -0.39 is 0 Å². The summed E-state index contributed by atoms with van der Waals surface area (Å²) in [6.07, 6.45) is 7.16. The number of benzene rings is 6. The molecule has 7 rings (SSSR count). The number of para-hydroxylation sites is 1. The Labute approximate surface area is 269 Å². The van der Waals surface area contributed by atoms with E-state index in [1.54, 1.807) is 18.5 Å². The minimum atomic E-state index is 0.918. The first-order chi connectivity index (χ1) is 22.6. The highest BCUT2D eigenvalue weighted by molar-refractivity contribution is 6.19. The molecule has 46 heavy (non-hydrogen) atoms. The first-order valence-electron chi connectivity index (χ1n) is 15.5. The van der Waals surface area contributed by atoms with Crippen molar-refractivity contribution in [1.82, 2.24) is 9.88 Å². The van der Waals surface area contributed by atoms with E-state index in [-0.39, 0.29) is 0 Å². The van der Waals surface area contributed by atoms with Crippen LogP contribution in [-0.2, 0) is 0 Å². The lowest BCUT2D eigenvalue weighted by molar-refractivity contribution is 1.19. The van der Waals surface area contributed by atoms with Crippen LogP contribution in [0.1, 0.15) is 18.1 Å². The molecule has 3 heteroatoms. The fourth-order valence-electron chi connectivity index (χ4n) is 6.49. The molecule has 0 aliphatic rings. The Morgan fingerprint density at radius 1 is 0.652 bits per heavy atom. The first kappa shape index (κ1) is 28.7. The van der Waals surface area contributed by atoms with Gasteiger partial charge in [0.25, 0.3) is 0 Å². The van der Waals surface area contributed by atoms with Gasteiger partial charge in [-0.25, -0.2) is 0 Å². The summed E-state index contributed by atoms with van der Waals surface area (Å²) < 4.78 is 2.41. The van der Waals surface area contributed by atoms with Gasteiger partial charge in [0.05, 0.1) is 11.0 Å². The van der Waals surface area contributed by atoms with Crippen LogP contribution in [0, 0.1) is 0 Å². The molecular formula is C43H35N3. The van der Waals surface area contributed by atoms with Crippen molar-refractivity contribution in [3.63, 3.8) is 0 Å². The van der Waals surface area contributed by atoms with Gasteiger partial charge in [0.1, 0.15) is 0 Å². The molecule has 7 aromatic rings. The molecule has 0 saturated carbocycles. The molecule has 0 unspecified atom stereocenters. The number of hydrogen-bond donors (Lipinski definition) is 2. The van der Waals surface area contributed by atoms with Crippen molar-refractivity contribution in [2.45, 2.75) is 6.92 Å². The molecule has 1 aromatic heterocycles. The van der Waals surface area contributed by atoms with Crippen LogP contribution in [0.25, 0.3) is 71.8 Å². The molecule has 1 heterocycles. The molecule has 0 aliphatic carbocycles. The molecular weight excluding hydrogens is 558 g/mol. The van der Waals surface area contributed by atoms with Crippen LogP contribution in [0.5, 0.6) is 0 Å². The Hall–Kier alpha value is -6.06. The summed E-state index contributed by atoms with van der Waals surface area (Å²) in [6.45, 7) is 9.75. The van der Waals surface area contributed by atoms with Crippen molar-refractivity contribution < 1.29 is 0 Å². The number of hydrogen-bond acceptors (Lipinski definition) is 2.